The summed E-state index contributed by atoms with van der Waals surface area (Å²) in [5.74, 6) is 0.0559. The van der Waals surface area contributed by atoms with Gasteiger partial charge in [0, 0.05) is 19.7 Å². The predicted octanol–water partition coefficient (Wildman–Crippen LogP) is 2.28. The maximum Gasteiger partial charge on any atom is 0.273 e. The number of aryl methyl sites for hydroxylation is 1. The second-order valence-corrected chi connectivity index (χ2v) is 7.24. The summed E-state index contributed by atoms with van der Waals surface area (Å²) < 4.78 is 12.1. The van der Waals surface area contributed by atoms with Crippen LogP contribution in [0.15, 0.2) is 28.9 Å². The van der Waals surface area contributed by atoms with E-state index in [2.05, 4.69) is 20.6 Å². The Bertz CT molecular complexity index is 965. The number of hydrogen-bond donors (Lipinski definition) is 2. The number of rotatable bonds is 7. The second-order valence-electron chi connectivity index (χ2n) is 6.00. The number of ether oxygens (including phenoxy) is 1. The van der Waals surface area contributed by atoms with E-state index < -0.39 is 5.91 Å². The van der Waals surface area contributed by atoms with Crippen molar-refractivity contribution in [1.29, 1.82) is 0 Å². The van der Waals surface area contributed by atoms with E-state index in [0.29, 0.717) is 5.75 Å². The number of aromatic nitrogens is 2. The number of oxazole rings is 1. The summed E-state index contributed by atoms with van der Waals surface area (Å²) in [4.78, 5) is 32.1. The highest BCUT2D eigenvalue weighted by molar-refractivity contribution is 7.18. The highest BCUT2D eigenvalue weighted by Crippen LogP contribution is 2.25. The number of carbonyl (C=O) groups excluding carboxylic acids is 2. The molecule has 0 aliphatic heterocycles. The van der Waals surface area contributed by atoms with Gasteiger partial charge in [-0.1, -0.05) is 6.92 Å². The lowest BCUT2D eigenvalue weighted by molar-refractivity contribution is -0.123. The molecule has 27 heavy (non-hydrogen) atoms. The van der Waals surface area contributed by atoms with Gasteiger partial charge >= 0.3 is 0 Å². The number of nitrogens with zero attached hydrogens (tertiary/aromatic N) is 2. The van der Waals surface area contributed by atoms with Gasteiger partial charge in [0.25, 0.3) is 5.91 Å². The van der Waals surface area contributed by atoms with Gasteiger partial charge < -0.3 is 19.8 Å². The van der Waals surface area contributed by atoms with Crippen LogP contribution < -0.4 is 15.4 Å². The fourth-order valence-electron chi connectivity index (χ4n) is 2.41. The molecule has 0 radical (unpaired) electrons. The number of fused-ring (bicyclic) bond motifs is 1. The van der Waals surface area contributed by atoms with E-state index in [4.69, 9.17) is 9.15 Å². The fourth-order valence-corrected chi connectivity index (χ4v) is 3.22. The molecule has 1 aromatic carbocycles. The molecule has 8 nitrogen and oxygen atoms in total. The number of nitrogens with one attached hydrogen (secondary N) is 2. The van der Waals surface area contributed by atoms with Crippen molar-refractivity contribution < 1.29 is 18.7 Å². The third kappa shape index (κ3) is 4.62. The van der Waals surface area contributed by atoms with Gasteiger partial charge in [-0.2, -0.15) is 0 Å². The SMILES string of the molecule is CNC(=O)C(C)CNC(=O)c1coc(COc2ccc3sc(C)nc3c2)n1. The molecular formula is C18H20N4O4S. The highest BCUT2D eigenvalue weighted by atomic mass is 32.1. The molecule has 3 aromatic rings. The van der Waals surface area contributed by atoms with E-state index in [9.17, 15) is 9.59 Å². The van der Waals surface area contributed by atoms with Crippen molar-refractivity contribution in [1.82, 2.24) is 20.6 Å². The van der Waals surface area contributed by atoms with Gasteiger partial charge in [0.05, 0.1) is 21.1 Å². The molecule has 2 amide bonds. The first-order chi connectivity index (χ1) is 13.0. The molecule has 9 heteroatoms. The third-order valence-electron chi connectivity index (χ3n) is 3.88. The molecule has 0 saturated carbocycles. The Morgan fingerprint density at radius 1 is 1.33 bits per heavy atom. The zero-order valence-electron chi connectivity index (χ0n) is 15.2. The first kappa shape index (κ1) is 18.8. The largest absolute Gasteiger partial charge is 0.484 e. The zero-order valence-corrected chi connectivity index (χ0v) is 16.1. The van der Waals surface area contributed by atoms with Crippen LogP contribution in [0.1, 0.15) is 28.3 Å². The van der Waals surface area contributed by atoms with Crippen molar-refractivity contribution in [3.8, 4) is 5.75 Å². The van der Waals surface area contributed by atoms with Gasteiger partial charge in [0.15, 0.2) is 12.3 Å². The van der Waals surface area contributed by atoms with Crippen LogP contribution in [0.5, 0.6) is 5.75 Å². The van der Waals surface area contributed by atoms with E-state index in [1.807, 2.05) is 25.1 Å². The standard InChI is InChI=1S/C18H20N4O4S/c1-10(17(23)19-3)7-20-18(24)14-8-26-16(22-14)9-25-12-4-5-15-13(6-12)21-11(2)27-15/h4-6,8,10H,7,9H2,1-3H3,(H,19,23)(H,20,24). The Morgan fingerprint density at radius 2 is 2.15 bits per heavy atom. The fraction of sp³-hybridized carbons (Fsp3) is 0.333. The summed E-state index contributed by atoms with van der Waals surface area (Å²) in [6.45, 7) is 3.99. The summed E-state index contributed by atoms with van der Waals surface area (Å²) in [5.41, 5.74) is 1.02. The second kappa shape index (κ2) is 8.17. The molecule has 2 aromatic heterocycles. The molecule has 0 bridgehead atoms. The van der Waals surface area contributed by atoms with E-state index in [1.165, 1.54) is 6.26 Å². The van der Waals surface area contributed by atoms with Gasteiger partial charge in [-0.05, 0) is 19.1 Å². The zero-order chi connectivity index (χ0) is 19.4. The molecular weight excluding hydrogens is 368 g/mol. The van der Waals surface area contributed by atoms with Crippen molar-refractivity contribution in [2.75, 3.05) is 13.6 Å². The molecule has 1 unspecified atom stereocenters. The van der Waals surface area contributed by atoms with E-state index in [0.717, 1.165) is 15.2 Å². The summed E-state index contributed by atoms with van der Waals surface area (Å²) in [7, 11) is 1.55. The molecule has 142 valence electrons. The van der Waals surface area contributed by atoms with Crippen LogP contribution >= 0.6 is 11.3 Å². The quantitative estimate of drug-likeness (QED) is 0.643. The molecule has 0 spiro atoms. The molecule has 0 aliphatic carbocycles. The molecule has 0 fully saturated rings. The Hall–Kier alpha value is -2.94. The maximum atomic E-state index is 12.1. The molecule has 1 atom stereocenters. The van der Waals surface area contributed by atoms with Crippen molar-refractivity contribution in [2.24, 2.45) is 5.92 Å². The minimum atomic E-state index is -0.403. The number of hydrogen-bond acceptors (Lipinski definition) is 7. The lowest BCUT2D eigenvalue weighted by Crippen LogP contribution is -2.36. The van der Waals surface area contributed by atoms with Crippen LogP contribution in [0.4, 0.5) is 0 Å². The monoisotopic (exact) mass is 388 g/mol. The minimum absolute atomic E-state index is 0.0938. The Labute approximate surface area is 160 Å². The Balaban J connectivity index is 1.55. The van der Waals surface area contributed by atoms with Crippen LogP contribution in [0, 0.1) is 12.8 Å². The number of amides is 2. The number of benzene rings is 1. The molecule has 2 N–H and O–H groups in total. The molecule has 3 rings (SSSR count). The van der Waals surface area contributed by atoms with Crippen LogP contribution in [0.3, 0.4) is 0 Å². The highest BCUT2D eigenvalue weighted by Gasteiger charge is 2.16. The van der Waals surface area contributed by atoms with E-state index in [-0.39, 0.29) is 36.6 Å². The van der Waals surface area contributed by atoms with Crippen LogP contribution in [0.25, 0.3) is 10.2 Å². The maximum absolute atomic E-state index is 12.1. The first-order valence-corrected chi connectivity index (χ1v) is 9.22. The first-order valence-electron chi connectivity index (χ1n) is 8.40. The van der Waals surface area contributed by atoms with E-state index >= 15 is 0 Å². The van der Waals surface area contributed by atoms with Gasteiger partial charge in [-0.3, -0.25) is 9.59 Å². The smallest absolute Gasteiger partial charge is 0.273 e. The molecule has 2 heterocycles. The minimum Gasteiger partial charge on any atom is -0.484 e. The van der Waals surface area contributed by atoms with Crippen molar-refractivity contribution in [3.05, 3.63) is 41.1 Å². The lowest BCUT2D eigenvalue weighted by atomic mass is 10.1. The van der Waals surface area contributed by atoms with Crippen LogP contribution in [-0.2, 0) is 11.4 Å². The normalized spacial score (nSPS) is 12.0. The van der Waals surface area contributed by atoms with Crippen LogP contribution in [0.2, 0.25) is 0 Å². The van der Waals surface area contributed by atoms with Gasteiger partial charge in [0.1, 0.15) is 12.0 Å². The predicted molar refractivity (Wildman–Crippen MR) is 101 cm³/mol. The average molecular weight is 388 g/mol. The molecule has 0 saturated heterocycles. The van der Waals surface area contributed by atoms with Crippen LogP contribution in [-0.4, -0.2) is 35.4 Å². The summed E-state index contributed by atoms with van der Waals surface area (Å²) in [6, 6.07) is 5.67. The van der Waals surface area contributed by atoms with E-state index in [1.54, 1.807) is 25.3 Å². The van der Waals surface area contributed by atoms with Crippen molar-refractivity contribution in [2.45, 2.75) is 20.5 Å². The number of carbonyl (C=O) groups is 2. The summed E-state index contributed by atoms with van der Waals surface area (Å²) >= 11 is 1.62. The van der Waals surface area contributed by atoms with Crippen molar-refractivity contribution >= 4 is 33.4 Å². The van der Waals surface area contributed by atoms with Gasteiger partial charge in [0.2, 0.25) is 11.8 Å². The summed E-state index contributed by atoms with van der Waals surface area (Å²) in [6.07, 6.45) is 1.27. The van der Waals surface area contributed by atoms with Gasteiger partial charge in [-0.15, -0.1) is 11.3 Å². The van der Waals surface area contributed by atoms with Gasteiger partial charge in [-0.25, -0.2) is 9.97 Å². The Morgan fingerprint density at radius 3 is 2.93 bits per heavy atom. The van der Waals surface area contributed by atoms with Crippen molar-refractivity contribution in [3.63, 3.8) is 0 Å². The molecule has 0 aliphatic rings. The topological polar surface area (TPSA) is 106 Å². The number of thiazole rings is 1. The third-order valence-corrected chi connectivity index (χ3v) is 4.83. The lowest BCUT2D eigenvalue weighted by Gasteiger charge is -2.09. The Kier molecular flexibility index (Phi) is 5.70. The average Bonchev–Trinajstić information content (AvgIpc) is 3.28. The summed E-state index contributed by atoms with van der Waals surface area (Å²) in [5, 5.41) is 6.18.